The Morgan fingerprint density at radius 1 is 1.32 bits per heavy atom. The van der Waals surface area contributed by atoms with Gasteiger partial charge in [0.05, 0.1) is 11.0 Å². The fourth-order valence-electron chi connectivity index (χ4n) is 2.73. The molecule has 1 aliphatic rings. The lowest BCUT2D eigenvalue weighted by Crippen LogP contribution is -2.44. The minimum atomic E-state index is -0.793. The van der Waals surface area contributed by atoms with Gasteiger partial charge in [-0.1, -0.05) is 19.3 Å². The SMILES string of the molecule is Cc1c[nH]cc1C(=O)NCC1(C(=O)O)CCCCC1. The summed E-state index contributed by atoms with van der Waals surface area (Å²) >= 11 is 0. The Labute approximate surface area is 112 Å². The van der Waals surface area contributed by atoms with Crippen LogP contribution in [0, 0.1) is 12.3 Å². The lowest BCUT2D eigenvalue weighted by Gasteiger charge is -2.33. The van der Waals surface area contributed by atoms with E-state index < -0.39 is 11.4 Å². The molecule has 1 aliphatic carbocycles. The third kappa shape index (κ3) is 2.80. The summed E-state index contributed by atoms with van der Waals surface area (Å²) in [4.78, 5) is 26.4. The number of aromatic amines is 1. The number of H-pyrrole nitrogens is 1. The Morgan fingerprint density at radius 3 is 2.53 bits per heavy atom. The number of amides is 1. The van der Waals surface area contributed by atoms with Gasteiger partial charge in [0.1, 0.15) is 0 Å². The van der Waals surface area contributed by atoms with E-state index in [2.05, 4.69) is 10.3 Å². The first kappa shape index (κ1) is 13.6. The zero-order valence-corrected chi connectivity index (χ0v) is 11.2. The van der Waals surface area contributed by atoms with Crippen LogP contribution in [-0.2, 0) is 4.79 Å². The molecule has 0 saturated heterocycles. The van der Waals surface area contributed by atoms with Crippen LogP contribution < -0.4 is 5.32 Å². The molecule has 0 spiro atoms. The topological polar surface area (TPSA) is 82.2 Å². The molecule has 0 unspecified atom stereocenters. The van der Waals surface area contributed by atoms with E-state index >= 15 is 0 Å². The number of hydrogen-bond donors (Lipinski definition) is 3. The standard InChI is InChI=1S/C14H20N2O3/c1-10-7-15-8-11(10)12(17)16-9-14(13(18)19)5-3-2-4-6-14/h7-8,15H,2-6,9H2,1H3,(H,16,17)(H,18,19). The summed E-state index contributed by atoms with van der Waals surface area (Å²) in [5.74, 6) is -0.997. The van der Waals surface area contributed by atoms with E-state index in [1.807, 2.05) is 6.92 Å². The highest BCUT2D eigenvalue weighted by Gasteiger charge is 2.39. The Bertz CT molecular complexity index is 473. The molecule has 1 aromatic heterocycles. The first-order valence-corrected chi connectivity index (χ1v) is 6.70. The summed E-state index contributed by atoms with van der Waals surface area (Å²) in [6.07, 6.45) is 7.61. The zero-order chi connectivity index (χ0) is 13.9. The Balaban J connectivity index is 2.02. The first-order valence-electron chi connectivity index (χ1n) is 6.70. The fraction of sp³-hybridized carbons (Fsp3) is 0.571. The molecular formula is C14H20N2O3. The highest BCUT2D eigenvalue weighted by atomic mass is 16.4. The van der Waals surface area contributed by atoms with Crippen LogP contribution in [0.25, 0.3) is 0 Å². The first-order chi connectivity index (χ1) is 9.05. The van der Waals surface area contributed by atoms with Crippen LogP contribution in [0.3, 0.4) is 0 Å². The van der Waals surface area contributed by atoms with Crippen molar-refractivity contribution in [3.05, 3.63) is 23.5 Å². The molecule has 3 N–H and O–H groups in total. The molecule has 104 valence electrons. The van der Waals surface area contributed by atoms with Crippen molar-refractivity contribution in [1.29, 1.82) is 0 Å². The number of aryl methyl sites for hydroxylation is 1. The Kier molecular flexibility index (Phi) is 3.93. The molecule has 1 fully saturated rings. The molecule has 0 radical (unpaired) electrons. The predicted octanol–water partition coefficient (Wildman–Crippen LogP) is 2.09. The molecule has 19 heavy (non-hydrogen) atoms. The number of hydrogen-bond acceptors (Lipinski definition) is 2. The summed E-state index contributed by atoms with van der Waals surface area (Å²) in [6.45, 7) is 2.06. The average molecular weight is 264 g/mol. The number of rotatable bonds is 4. The second-order valence-corrected chi connectivity index (χ2v) is 5.38. The van der Waals surface area contributed by atoms with Crippen molar-refractivity contribution in [2.45, 2.75) is 39.0 Å². The summed E-state index contributed by atoms with van der Waals surface area (Å²) in [5, 5.41) is 12.2. The average Bonchev–Trinajstić information content (AvgIpc) is 2.83. The number of carbonyl (C=O) groups excluding carboxylic acids is 1. The van der Waals surface area contributed by atoms with Gasteiger partial charge in [0.15, 0.2) is 0 Å². The van der Waals surface area contributed by atoms with Gasteiger partial charge >= 0.3 is 5.97 Å². The third-order valence-corrected chi connectivity index (χ3v) is 4.05. The third-order valence-electron chi connectivity index (χ3n) is 4.05. The normalized spacial score (nSPS) is 17.9. The van der Waals surface area contributed by atoms with Crippen LogP contribution in [0.15, 0.2) is 12.4 Å². The summed E-state index contributed by atoms with van der Waals surface area (Å²) < 4.78 is 0. The quantitative estimate of drug-likeness (QED) is 0.778. The highest BCUT2D eigenvalue weighted by Crippen LogP contribution is 2.36. The monoisotopic (exact) mass is 264 g/mol. The highest BCUT2D eigenvalue weighted by molar-refractivity contribution is 5.95. The minimum Gasteiger partial charge on any atom is -0.481 e. The van der Waals surface area contributed by atoms with E-state index in [0.717, 1.165) is 24.8 Å². The molecular weight excluding hydrogens is 244 g/mol. The predicted molar refractivity (Wildman–Crippen MR) is 71.0 cm³/mol. The van der Waals surface area contributed by atoms with Gasteiger partial charge in [-0.25, -0.2) is 0 Å². The number of carboxylic acid groups (broad SMARTS) is 1. The smallest absolute Gasteiger partial charge is 0.311 e. The van der Waals surface area contributed by atoms with Gasteiger partial charge in [-0.15, -0.1) is 0 Å². The van der Waals surface area contributed by atoms with Gasteiger partial charge in [-0.3, -0.25) is 9.59 Å². The fourth-order valence-corrected chi connectivity index (χ4v) is 2.73. The van der Waals surface area contributed by atoms with Gasteiger partial charge in [-0.05, 0) is 25.3 Å². The van der Waals surface area contributed by atoms with Crippen molar-refractivity contribution in [3.8, 4) is 0 Å². The molecule has 2 rings (SSSR count). The minimum absolute atomic E-state index is 0.204. The summed E-state index contributed by atoms with van der Waals surface area (Å²) in [6, 6.07) is 0. The lowest BCUT2D eigenvalue weighted by atomic mass is 9.74. The largest absolute Gasteiger partial charge is 0.481 e. The molecule has 5 nitrogen and oxygen atoms in total. The van der Waals surface area contributed by atoms with Crippen molar-refractivity contribution in [2.75, 3.05) is 6.54 Å². The second kappa shape index (κ2) is 5.47. The van der Waals surface area contributed by atoms with Crippen molar-refractivity contribution in [3.63, 3.8) is 0 Å². The van der Waals surface area contributed by atoms with E-state index in [9.17, 15) is 14.7 Å². The van der Waals surface area contributed by atoms with Gasteiger partial charge < -0.3 is 15.4 Å². The molecule has 1 amide bonds. The molecule has 0 aromatic carbocycles. The Morgan fingerprint density at radius 2 is 2.00 bits per heavy atom. The van der Waals surface area contributed by atoms with Crippen LogP contribution in [0.1, 0.15) is 48.0 Å². The molecule has 1 aromatic rings. The van der Waals surface area contributed by atoms with Gasteiger partial charge in [0.2, 0.25) is 0 Å². The van der Waals surface area contributed by atoms with Crippen LogP contribution in [0.4, 0.5) is 0 Å². The molecule has 0 bridgehead atoms. The zero-order valence-electron chi connectivity index (χ0n) is 11.2. The number of carbonyl (C=O) groups is 2. The second-order valence-electron chi connectivity index (χ2n) is 5.38. The molecule has 0 aliphatic heterocycles. The lowest BCUT2D eigenvalue weighted by molar-refractivity contribution is -0.150. The van der Waals surface area contributed by atoms with Crippen LogP contribution in [0.5, 0.6) is 0 Å². The van der Waals surface area contributed by atoms with E-state index in [1.165, 1.54) is 0 Å². The van der Waals surface area contributed by atoms with Crippen LogP contribution >= 0.6 is 0 Å². The van der Waals surface area contributed by atoms with Gasteiger partial charge in [0, 0.05) is 18.9 Å². The van der Waals surface area contributed by atoms with E-state index in [0.29, 0.717) is 18.4 Å². The molecule has 1 saturated carbocycles. The van der Waals surface area contributed by atoms with Gasteiger partial charge in [0.25, 0.3) is 5.91 Å². The summed E-state index contributed by atoms with van der Waals surface area (Å²) in [7, 11) is 0. The van der Waals surface area contributed by atoms with E-state index in [1.54, 1.807) is 12.4 Å². The van der Waals surface area contributed by atoms with E-state index in [4.69, 9.17) is 0 Å². The van der Waals surface area contributed by atoms with Crippen molar-refractivity contribution in [2.24, 2.45) is 5.41 Å². The number of nitrogens with one attached hydrogen (secondary N) is 2. The molecule has 0 atom stereocenters. The van der Waals surface area contributed by atoms with Crippen LogP contribution in [-0.4, -0.2) is 28.5 Å². The maximum absolute atomic E-state index is 12.0. The number of aromatic nitrogens is 1. The molecule has 1 heterocycles. The Hall–Kier alpha value is -1.78. The van der Waals surface area contributed by atoms with Crippen LogP contribution in [0.2, 0.25) is 0 Å². The van der Waals surface area contributed by atoms with Crippen molar-refractivity contribution in [1.82, 2.24) is 10.3 Å². The van der Waals surface area contributed by atoms with Gasteiger partial charge in [-0.2, -0.15) is 0 Å². The van der Waals surface area contributed by atoms with Crippen molar-refractivity contribution < 1.29 is 14.7 Å². The maximum Gasteiger partial charge on any atom is 0.311 e. The number of carboxylic acids is 1. The van der Waals surface area contributed by atoms with Crippen molar-refractivity contribution >= 4 is 11.9 Å². The number of aliphatic carboxylic acids is 1. The van der Waals surface area contributed by atoms with E-state index in [-0.39, 0.29) is 12.5 Å². The summed E-state index contributed by atoms with van der Waals surface area (Å²) in [5.41, 5.74) is 0.667. The molecule has 5 heteroatoms. The maximum atomic E-state index is 12.0.